The second-order valence-electron chi connectivity index (χ2n) is 5.95. The Kier molecular flexibility index (Phi) is 4.86. The average Bonchev–Trinajstić information content (AvgIpc) is 3.15. The molecule has 2 aromatic carbocycles. The van der Waals surface area contributed by atoms with Crippen LogP contribution in [0.3, 0.4) is 0 Å². The zero-order chi connectivity index (χ0) is 19.5. The second kappa shape index (κ2) is 7.61. The van der Waals surface area contributed by atoms with Gasteiger partial charge in [-0.2, -0.15) is 5.10 Å². The first-order valence-electron chi connectivity index (χ1n) is 8.32. The number of rotatable bonds is 4. The number of amides is 1. The zero-order valence-electron chi connectivity index (χ0n) is 14.5. The molecular formula is C20H14BrN5O2. The number of hydrogen-bond donors (Lipinski definition) is 2. The molecule has 2 heterocycles. The van der Waals surface area contributed by atoms with Crippen LogP contribution in [0.25, 0.3) is 17.1 Å². The minimum absolute atomic E-state index is 0.143. The number of halogens is 1. The lowest BCUT2D eigenvalue weighted by Gasteiger charge is -2.07. The number of nitrogens with one attached hydrogen (secondary N) is 1. The maximum Gasteiger partial charge on any atom is 0.255 e. The molecule has 7 nitrogen and oxygen atoms in total. The number of aromatic nitrogens is 4. The van der Waals surface area contributed by atoms with Gasteiger partial charge in [0, 0.05) is 17.3 Å². The Morgan fingerprint density at radius 1 is 1.04 bits per heavy atom. The van der Waals surface area contributed by atoms with Crippen molar-refractivity contribution in [3.63, 3.8) is 0 Å². The molecule has 28 heavy (non-hydrogen) atoms. The van der Waals surface area contributed by atoms with E-state index in [1.54, 1.807) is 47.3 Å². The highest BCUT2D eigenvalue weighted by atomic mass is 79.9. The lowest BCUT2D eigenvalue weighted by Crippen LogP contribution is -2.12. The molecule has 0 fully saturated rings. The topological polar surface area (TPSA) is 92.9 Å². The molecule has 0 aliphatic heterocycles. The van der Waals surface area contributed by atoms with Gasteiger partial charge in [-0.1, -0.05) is 12.1 Å². The SMILES string of the molecule is O=C(Nc1cnc(-c2cccc(O)c2)nc1)c1ccc(-n2cc(Br)cn2)cc1. The molecule has 0 spiro atoms. The van der Waals surface area contributed by atoms with Crippen LogP contribution in [0.2, 0.25) is 0 Å². The van der Waals surface area contributed by atoms with E-state index >= 15 is 0 Å². The van der Waals surface area contributed by atoms with E-state index in [1.807, 2.05) is 18.3 Å². The van der Waals surface area contributed by atoms with E-state index in [1.165, 1.54) is 12.4 Å². The van der Waals surface area contributed by atoms with Crippen LogP contribution in [-0.2, 0) is 0 Å². The Balaban J connectivity index is 1.46. The van der Waals surface area contributed by atoms with Crippen LogP contribution < -0.4 is 5.32 Å². The van der Waals surface area contributed by atoms with Gasteiger partial charge >= 0.3 is 0 Å². The van der Waals surface area contributed by atoms with Crippen molar-refractivity contribution in [3.05, 3.63) is 83.4 Å². The molecule has 2 aromatic heterocycles. The summed E-state index contributed by atoms with van der Waals surface area (Å²) in [6.07, 6.45) is 6.58. The van der Waals surface area contributed by atoms with Gasteiger partial charge in [-0.3, -0.25) is 4.79 Å². The summed E-state index contributed by atoms with van der Waals surface area (Å²) in [4.78, 5) is 20.9. The summed E-state index contributed by atoms with van der Waals surface area (Å²) in [5.74, 6) is 0.343. The molecule has 0 radical (unpaired) electrons. The Morgan fingerprint density at radius 2 is 1.79 bits per heavy atom. The van der Waals surface area contributed by atoms with Crippen molar-refractivity contribution >= 4 is 27.5 Å². The highest BCUT2D eigenvalue weighted by Crippen LogP contribution is 2.20. The third kappa shape index (κ3) is 3.91. The fourth-order valence-corrected chi connectivity index (χ4v) is 2.88. The monoisotopic (exact) mass is 435 g/mol. The summed E-state index contributed by atoms with van der Waals surface area (Å²) >= 11 is 3.36. The van der Waals surface area contributed by atoms with Crippen molar-refractivity contribution in [2.24, 2.45) is 0 Å². The summed E-state index contributed by atoms with van der Waals surface area (Å²) in [6.45, 7) is 0. The first-order chi connectivity index (χ1) is 13.6. The predicted octanol–water partition coefficient (Wildman–Crippen LogP) is 4.05. The smallest absolute Gasteiger partial charge is 0.255 e. The van der Waals surface area contributed by atoms with Crippen molar-refractivity contribution < 1.29 is 9.90 Å². The van der Waals surface area contributed by atoms with Crippen LogP contribution in [0.5, 0.6) is 5.75 Å². The number of nitrogens with zero attached hydrogens (tertiary/aromatic N) is 4. The number of hydrogen-bond acceptors (Lipinski definition) is 5. The van der Waals surface area contributed by atoms with E-state index in [9.17, 15) is 9.90 Å². The fourth-order valence-electron chi connectivity index (χ4n) is 2.60. The van der Waals surface area contributed by atoms with Crippen LogP contribution in [0.4, 0.5) is 5.69 Å². The number of anilines is 1. The second-order valence-corrected chi connectivity index (χ2v) is 6.87. The number of aromatic hydroxyl groups is 1. The van der Waals surface area contributed by atoms with E-state index in [0.717, 1.165) is 10.2 Å². The van der Waals surface area contributed by atoms with Crippen LogP contribution >= 0.6 is 15.9 Å². The number of phenols is 1. The van der Waals surface area contributed by atoms with Gasteiger partial charge < -0.3 is 10.4 Å². The minimum atomic E-state index is -0.262. The van der Waals surface area contributed by atoms with Crippen LogP contribution in [0.1, 0.15) is 10.4 Å². The standard InChI is InChI=1S/C20H14BrN5O2/c21-15-9-24-26(12-15)17-6-4-13(5-7-17)20(28)25-16-10-22-19(23-11-16)14-2-1-3-18(27)8-14/h1-12,27H,(H,25,28). The molecule has 0 atom stereocenters. The molecule has 4 aromatic rings. The highest BCUT2D eigenvalue weighted by Gasteiger charge is 2.09. The van der Waals surface area contributed by atoms with Gasteiger partial charge in [0.15, 0.2) is 5.82 Å². The van der Waals surface area contributed by atoms with Gasteiger partial charge in [0.25, 0.3) is 5.91 Å². The molecule has 0 unspecified atom stereocenters. The molecule has 4 rings (SSSR count). The first kappa shape index (κ1) is 17.9. The third-order valence-corrected chi connectivity index (χ3v) is 4.37. The summed E-state index contributed by atoms with van der Waals surface area (Å²) in [5.41, 5.74) is 2.53. The first-order valence-corrected chi connectivity index (χ1v) is 9.11. The van der Waals surface area contributed by atoms with Crippen molar-refractivity contribution in [1.82, 2.24) is 19.7 Å². The molecule has 1 amide bonds. The Hall–Kier alpha value is -3.52. The van der Waals surface area contributed by atoms with Crippen molar-refractivity contribution in [2.45, 2.75) is 0 Å². The largest absolute Gasteiger partial charge is 0.508 e. The van der Waals surface area contributed by atoms with Gasteiger partial charge in [0.05, 0.1) is 34.4 Å². The van der Waals surface area contributed by atoms with E-state index in [4.69, 9.17) is 0 Å². The van der Waals surface area contributed by atoms with Gasteiger partial charge in [-0.15, -0.1) is 0 Å². The van der Waals surface area contributed by atoms with Crippen molar-refractivity contribution in [3.8, 4) is 22.8 Å². The van der Waals surface area contributed by atoms with Crippen LogP contribution in [-0.4, -0.2) is 30.8 Å². The van der Waals surface area contributed by atoms with Gasteiger partial charge in [0.1, 0.15) is 5.75 Å². The van der Waals surface area contributed by atoms with Gasteiger partial charge in [-0.05, 0) is 52.3 Å². The predicted molar refractivity (Wildman–Crippen MR) is 108 cm³/mol. The highest BCUT2D eigenvalue weighted by molar-refractivity contribution is 9.10. The fraction of sp³-hybridized carbons (Fsp3) is 0. The van der Waals surface area contributed by atoms with Gasteiger partial charge in [-0.25, -0.2) is 14.6 Å². The quantitative estimate of drug-likeness (QED) is 0.504. The number of phenolic OH excluding ortho intramolecular Hbond substituents is 1. The molecule has 8 heteroatoms. The number of carbonyl (C=O) groups excluding carboxylic acids is 1. The van der Waals surface area contributed by atoms with Crippen molar-refractivity contribution in [1.29, 1.82) is 0 Å². The summed E-state index contributed by atoms with van der Waals surface area (Å²) in [6, 6.07) is 13.8. The lowest BCUT2D eigenvalue weighted by atomic mass is 10.2. The van der Waals surface area contributed by atoms with E-state index in [-0.39, 0.29) is 11.7 Å². The Morgan fingerprint density at radius 3 is 2.43 bits per heavy atom. The van der Waals surface area contributed by atoms with Crippen LogP contribution in [0, 0.1) is 0 Å². The number of benzene rings is 2. The van der Waals surface area contributed by atoms with E-state index in [2.05, 4.69) is 36.3 Å². The van der Waals surface area contributed by atoms with Gasteiger partial charge in [0.2, 0.25) is 0 Å². The van der Waals surface area contributed by atoms with E-state index < -0.39 is 0 Å². The molecule has 2 N–H and O–H groups in total. The van der Waals surface area contributed by atoms with Crippen molar-refractivity contribution in [2.75, 3.05) is 5.32 Å². The zero-order valence-corrected chi connectivity index (χ0v) is 16.0. The average molecular weight is 436 g/mol. The number of carbonyl (C=O) groups is 1. The minimum Gasteiger partial charge on any atom is -0.508 e. The maximum absolute atomic E-state index is 12.4. The molecule has 0 bridgehead atoms. The molecular weight excluding hydrogens is 422 g/mol. The van der Waals surface area contributed by atoms with Crippen LogP contribution in [0.15, 0.2) is 77.8 Å². The molecule has 138 valence electrons. The lowest BCUT2D eigenvalue weighted by molar-refractivity contribution is 0.102. The molecule has 0 aliphatic rings. The maximum atomic E-state index is 12.4. The Labute approximate surface area is 168 Å². The molecule has 0 aliphatic carbocycles. The third-order valence-electron chi connectivity index (χ3n) is 3.96. The molecule has 0 saturated heterocycles. The summed E-state index contributed by atoms with van der Waals surface area (Å²) in [5, 5.41) is 16.5. The van der Waals surface area contributed by atoms with E-state index in [0.29, 0.717) is 22.6 Å². The molecule has 0 saturated carbocycles. The normalized spacial score (nSPS) is 10.6. The Bertz CT molecular complexity index is 1120. The summed E-state index contributed by atoms with van der Waals surface area (Å²) in [7, 11) is 0. The summed E-state index contributed by atoms with van der Waals surface area (Å²) < 4.78 is 2.59.